The van der Waals surface area contributed by atoms with Crippen LogP contribution in [-0.2, 0) is 10.0 Å². The molecular weight excluding hydrogens is 487 g/mol. The molecular formula is C22H20ClFN4O3S2. The number of nitrogens with zero attached hydrogens (tertiary/aromatic N) is 2. The van der Waals surface area contributed by atoms with Gasteiger partial charge in [-0.25, -0.2) is 12.8 Å². The molecule has 1 amide bonds. The van der Waals surface area contributed by atoms with E-state index in [-0.39, 0.29) is 33.0 Å². The molecule has 2 aliphatic rings. The highest BCUT2D eigenvalue weighted by atomic mass is 35.5. The number of hydrogen-bond acceptors (Lipinski definition) is 6. The van der Waals surface area contributed by atoms with Gasteiger partial charge in [-0.15, -0.1) is 0 Å². The second-order valence-electron chi connectivity index (χ2n) is 7.38. The molecule has 0 bridgehead atoms. The normalized spacial score (nSPS) is 15.8. The van der Waals surface area contributed by atoms with Crippen molar-refractivity contribution in [2.75, 3.05) is 11.8 Å². The van der Waals surface area contributed by atoms with Crippen LogP contribution < -0.4 is 9.44 Å². The van der Waals surface area contributed by atoms with Crippen LogP contribution in [0.3, 0.4) is 0 Å². The van der Waals surface area contributed by atoms with Gasteiger partial charge in [-0.2, -0.15) is 0 Å². The van der Waals surface area contributed by atoms with Gasteiger partial charge in [0.1, 0.15) is 10.7 Å². The molecule has 172 valence electrons. The van der Waals surface area contributed by atoms with Gasteiger partial charge in [-0.05, 0) is 55.0 Å². The van der Waals surface area contributed by atoms with Crippen molar-refractivity contribution >= 4 is 45.4 Å². The molecule has 0 saturated heterocycles. The summed E-state index contributed by atoms with van der Waals surface area (Å²) in [4.78, 5) is 14.8. The Labute approximate surface area is 200 Å². The first-order chi connectivity index (χ1) is 15.7. The van der Waals surface area contributed by atoms with Crippen molar-refractivity contribution in [2.45, 2.75) is 13.0 Å². The maximum Gasteiger partial charge on any atom is 0.264 e. The van der Waals surface area contributed by atoms with Gasteiger partial charge in [0.2, 0.25) is 0 Å². The van der Waals surface area contributed by atoms with E-state index in [1.54, 1.807) is 48.9 Å². The Kier molecular flexibility index (Phi) is 6.42. The van der Waals surface area contributed by atoms with Gasteiger partial charge in [0.15, 0.2) is 0 Å². The van der Waals surface area contributed by atoms with Gasteiger partial charge in [0.25, 0.3) is 15.9 Å². The average Bonchev–Trinajstić information content (AvgIpc) is 3.27. The standard InChI is InChI=1S/C22H20ClFN4O3S2/c1-14(15-5-8-17(24)9-6-15)27(2)22(29)18-10-7-16(23)12-19(18)26-33(30,31)21-4-3-11-28-20(21)13-25-32-28/h3-14,25-26H,1-2H3. The quantitative estimate of drug-likeness (QED) is 0.549. The largest absolute Gasteiger partial charge is 0.335 e. The van der Waals surface area contributed by atoms with Gasteiger partial charge in [0, 0.05) is 24.5 Å². The van der Waals surface area contributed by atoms with Crippen molar-refractivity contribution in [1.29, 1.82) is 0 Å². The Morgan fingerprint density at radius 3 is 2.70 bits per heavy atom. The zero-order chi connectivity index (χ0) is 23.8. The number of benzene rings is 2. The minimum atomic E-state index is -4.04. The highest BCUT2D eigenvalue weighted by Gasteiger charge is 2.31. The summed E-state index contributed by atoms with van der Waals surface area (Å²) in [7, 11) is -2.44. The fourth-order valence-electron chi connectivity index (χ4n) is 3.38. The summed E-state index contributed by atoms with van der Waals surface area (Å²) in [6.07, 6.45) is 6.41. The summed E-state index contributed by atoms with van der Waals surface area (Å²) in [5, 5.41) is 0.273. The van der Waals surface area contributed by atoms with Crippen LogP contribution in [0, 0.1) is 5.82 Å². The maximum atomic E-state index is 13.3. The lowest BCUT2D eigenvalue weighted by molar-refractivity contribution is 0.0743. The molecule has 0 fully saturated rings. The molecule has 0 spiro atoms. The SMILES string of the molecule is CC(c1ccc(F)cc1)N(C)C(=O)c1ccc(Cl)cc1NS(=O)(=O)C1=CC=CN2SNC=C12. The number of fused-ring (bicyclic) bond motifs is 1. The number of nitrogens with one attached hydrogen (secondary N) is 2. The minimum Gasteiger partial charge on any atom is -0.335 e. The van der Waals surface area contributed by atoms with E-state index in [0.717, 1.165) is 5.56 Å². The predicted molar refractivity (Wildman–Crippen MR) is 129 cm³/mol. The zero-order valence-electron chi connectivity index (χ0n) is 17.6. The van der Waals surface area contributed by atoms with Gasteiger partial charge in [-0.1, -0.05) is 23.7 Å². The number of halogens is 2. The topological polar surface area (TPSA) is 81.8 Å². The van der Waals surface area contributed by atoms with E-state index in [1.807, 2.05) is 0 Å². The molecule has 2 aromatic rings. The molecule has 4 rings (SSSR count). The number of amides is 1. The van der Waals surface area contributed by atoms with Crippen LogP contribution in [0.25, 0.3) is 0 Å². The average molecular weight is 507 g/mol. The van der Waals surface area contributed by atoms with Gasteiger partial charge in [-0.3, -0.25) is 13.8 Å². The summed E-state index contributed by atoms with van der Waals surface area (Å²) in [6.45, 7) is 1.80. The highest BCUT2D eigenvalue weighted by Crippen LogP contribution is 2.35. The third-order valence-corrected chi connectivity index (χ3v) is 7.69. The Bertz CT molecular complexity index is 1290. The van der Waals surface area contributed by atoms with E-state index in [2.05, 4.69) is 9.44 Å². The Morgan fingerprint density at radius 2 is 1.97 bits per heavy atom. The second kappa shape index (κ2) is 9.12. The van der Waals surface area contributed by atoms with E-state index in [4.69, 9.17) is 11.6 Å². The number of hydrogen-bond donors (Lipinski definition) is 2. The van der Waals surface area contributed by atoms with Crippen LogP contribution in [0.5, 0.6) is 0 Å². The Hall–Kier alpha value is -2.95. The van der Waals surface area contributed by atoms with Crippen molar-refractivity contribution < 1.29 is 17.6 Å². The van der Waals surface area contributed by atoms with E-state index in [1.165, 1.54) is 53.4 Å². The molecule has 0 aliphatic carbocycles. The van der Waals surface area contributed by atoms with Crippen molar-refractivity contribution in [1.82, 2.24) is 13.9 Å². The third-order valence-electron chi connectivity index (χ3n) is 5.31. The van der Waals surface area contributed by atoms with Crippen molar-refractivity contribution in [2.24, 2.45) is 0 Å². The van der Waals surface area contributed by atoms with Crippen LogP contribution in [0.15, 0.2) is 77.6 Å². The maximum absolute atomic E-state index is 13.3. The highest BCUT2D eigenvalue weighted by molar-refractivity contribution is 7.97. The number of carbonyl (C=O) groups is 1. The molecule has 0 aromatic heterocycles. The van der Waals surface area contributed by atoms with Gasteiger partial charge >= 0.3 is 0 Å². The van der Waals surface area contributed by atoms with Crippen LogP contribution in [0.2, 0.25) is 5.02 Å². The number of rotatable bonds is 6. The Balaban J connectivity index is 1.64. The summed E-state index contributed by atoms with van der Waals surface area (Å²) >= 11 is 7.36. The number of anilines is 1. The zero-order valence-corrected chi connectivity index (χ0v) is 20.0. The first-order valence-electron chi connectivity index (χ1n) is 9.83. The lowest BCUT2D eigenvalue weighted by atomic mass is 10.1. The number of allylic oxidation sites excluding steroid dienone is 2. The van der Waals surface area contributed by atoms with Gasteiger partial charge in [0.05, 0.1) is 35.1 Å². The molecule has 0 radical (unpaired) electrons. The first kappa shape index (κ1) is 23.2. The molecule has 0 saturated carbocycles. The van der Waals surface area contributed by atoms with Crippen molar-refractivity contribution in [3.63, 3.8) is 0 Å². The predicted octanol–water partition coefficient (Wildman–Crippen LogP) is 4.78. The molecule has 2 heterocycles. The van der Waals surface area contributed by atoms with Crippen LogP contribution in [0.1, 0.15) is 28.9 Å². The summed E-state index contributed by atoms with van der Waals surface area (Å²) in [5.41, 5.74) is 1.40. The lowest BCUT2D eigenvalue weighted by Gasteiger charge is -2.27. The van der Waals surface area contributed by atoms with Crippen LogP contribution in [-0.4, -0.2) is 30.6 Å². The number of carbonyl (C=O) groups excluding carboxylic acids is 1. The molecule has 2 aliphatic heterocycles. The molecule has 1 atom stereocenters. The first-order valence-corrected chi connectivity index (χ1v) is 12.5. The lowest BCUT2D eigenvalue weighted by Crippen LogP contribution is -2.31. The molecule has 11 heteroatoms. The van der Waals surface area contributed by atoms with Crippen LogP contribution >= 0.6 is 23.7 Å². The van der Waals surface area contributed by atoms with E-state index >= 15 is 0 Å². The third kappa shape index (κ3) is 4.73. The summed E-state index contributed by atoms with van der Waals surface area (Å²) < 4.78 is 46.8. The van der Waals surface area contributed by atoms with E-state index < -0.39 is 15.9 Å². The molecule has 2 aromatic carbocycles. The van der Waals surface area contributed by atoms with Gasteiger partial charge < -0.3 is 9.62 Å². The summed E-state index contributed by atoms with van der Waals surface area (Å²) in [5.74, 6) is -0.789. The van der Waals surface area contributed by atoms with E-state index in [9.17, 15) is 17.6 Å². The smallest absolute Gasteiger partial charge is 0.264 e. The molecule has 7 nitrogen and oxygen atoms in total. The van der Waals surface area contributed by atoms with Crippen molar-refractivity contribution in [3.8, 4) is 0 Å². The molecule has 33 heavy (non-hydrogen) atoms. The molecule has 1 unspecified atom stereocenters. The summed E-state index contributed by atoms with van der Waals surface area (Å²) in [6, 6.07) is 9.87. The second-order valence-corrected chi connectivity index (χ2v) is 10.3. The van der Waals surface area contributed by atoms with E-state index in [0.29, 0.717) is 5.70 Å². The minimum absolute atomic E-state index is 0.0499. The fourth-order valence-corrected chi connectivity index (χ4v) is 5.53. The Morgan fingerprint density at radius 1 is 1.24 bits per heavy atom. The van der Waals surface area contributed by atoms with Crippen molar-refractivity contribution in [3.05, 3.63) is 99.6 Å². The monoisotopic (exact) mass is 506 g/mol. The molecule has 2 N–H and O–H groups in total. The fraction of sp³-hybridized carbons (Fsp3) is 0.136. The van der Waals surface area contributed by atoms with Crippen LogP contribution in [0.4, 0.5) is 10.1 Å². The number of sulfonamides is 1.